The Bertz CT molecular complexity index is 1100. The molecule has 1 saturated carbocycles. The van der Waals surface area contributed by atoms with E-state index in [1.165, 1.54) is 24.5 Å². The molecule has 28 heavy (non-hydrogen) atoms. The minimum absolute atomic E-state index is 0.00256. The van der Waals surface area contributed by atoms with Crippen LogP contribution in [0.2, 0.25) is 0 Å². The van der Waals surface area contributed by atoms with Crippen LogP contribution in [0.1, 0.15) is 23.2 Å². The zero-order chi connectivity index (χ0) is 19.6. The van der Waals surface area contributed by atoms with Crippen molar-refractivity contribution in [2.75, 3.05) is 5.32 Å². The van der Waals surface area contributed by atoms with E-state index in [1.54, 1.807) is 12.1 Å². The second-order valence-corrected chi connectivity index (χ2v) is 8.25. The predicted molar refractivity (Wildman–Crippen MR) is 105 cm³/mol. The van der Waals surface area contributed by atoms with Crippen molar-refractivity contribution in [1.29, 1.82) is 0 Å². The molecule has 0 unspecified atom stereocenters. The van der Waals surface area contributed by atoms with E-state index in [0.29, 0.717) is 11.5 Å². The Kier molecular flexibility index (Phi) is 4.89. The van der Waals surface area contributed by atoms with Gasteiger partial charge in [-0.2, -0.15) is 0 Å². The quantitative estimate of drug-likeness (QED) is 0.669. The average molecular weight is 394 g/mol. The summed E-state index contributed by atoms with van der Waals surface area (Å²) in [6, 6.07) is 15.4. The van der Waals surface area contributed by atoms with Crippen LogP contribution in [0.4, 0.5) is 5.69 Å². The molecule has 1 heterocycles. The van der Waals surface area contributed by atoms with Gasteiger partial charge in [-0.15, -0.1) is 0 Å². The lowest BCUT2D eigenvalue weighted by atomic mass is 10.2. The lowest BCUT2D eigenvalue weighted by Crippen LogP contribution is -2.26. The summed E-state index contributed by atoms with van der Waals surface area (Å²) in [5, 5.41) is 2.69. The number of amides is 1. The summed E-state index contributed by atoms with van der Waals surface area (Å²) in [7, 11) is -3.62. The second kappa shape index (κ2) is 7.49. The summed E-state index contributed by atoms with van der Waals surface area (Å²) in [6.07, 6.45) is 4.72. The summed E-state index contributed by atoms with van der Waals surface area (Å²) < 4.78 is 27.3. The smallest absolute Gasteiger partial charge is 0.255 e. The van der Waals surface area contributed by atoms with E-state index in [1.807, 2.05) is 30.3 Å². The number of carbonyl (C=O) groups is 1. The number of carbonyl (C=O) groups excluding carboxylic acids is 1. The van der Waals surface area contributed by atoms with Gasteiger partial charge in [-0.05, 0) is 31.0 Å². The maximum absolute atomic E-state index is 12.5. The van der Waals surface area contributed by atoms with Gasteiger partial charge in [0, 0.05) is 17.2 Å². The normalized spacial score (nSPS) is 13.9. The highest BCUT2D eigenvalue weighted by Gasteiger charge is 2.28. The molecule has 1 amide bonds. The van der Waals surface area contributed by atoms with Crippen LogP contribution in [0.3, 0.4) is 0 Å². The van der Waals surface area contributed by atoms with Crippen molar-refractivity contribution in [3.05, 3.63) is 72.6 Å². The molecule has 0 bridgehead atoms. The monoisotopic (exact) mass is 394 g/mol. The number of nitrogens with zero attached hydrogens (tertiary/aromatic N) is 2. The van der Waals surface area contributed by atoms with Gasteiger partial charge < -0.3 is 5.32 Å². The van der Waals surface area contributed by atoms with Crippen LogP contribution in [0.15, 0.2) is 71.9 Å². The fourth-order valence-electron chi connectivity index (χ4n) is 2.63. The Morgan fingerprint density at radius 1 is 0.964 bits per heavy atom. The van der Waals surface area contributed by atoms with Gasteiger partial charge in [-0.3, -0.25) is 4.79 Å². The third kappa shape index (κ3) is 4.24. The van der Waals surface area contributed by atoms with Gasteiger partial charge in [-0.25, -0.2) is 23.1 Å². The highest BCUT2D eigenvalue weighted by atomic mass is 32.2. The Morgan fingerprint density at radius 3 is 2.36 bits per heavy atom. The summed E-state index contributed by atoms with van der Waals surface area (Å²) >= 11 is 0. The SMILES string of the molecule is O=C(Nc1cnc(-c2ccccc2)nc1)c1cccc(S(=O)(=O)NC2CC2)c1. The Hall–Kier alpha value is -3.10. The molecule has 0 radical (unpaired) electrons. The largest absolute Gasteiger partial charge is 0.319 e. The first-order valence-electron chi connectivity index (χ1n) is 8.82. The lowest BCUT2D eigenvalue weighted by Gasteiger charge is -2.08. The number of rotatable bonds is 6. The van der Waals surface area contributed by atoms with Crippen molar-refractivity contribution in [1.82, 2.24) is 14.7 Å². The van der Waals surface area contributed by atoms with Gasteiger partial charge in [0.2, 0.25) is 10.0 Å². The molecule has 0 aliphatic heterocycles. The third-order valence-corrected chi connectivity index (χ3v) is 5.77. The Labute approximate surface area is 162 Å². The summed E-state index contributed by atoms with van der Waals surface area (Å²) in [4.78, 5) is 21.1. The van der Waals surface area contributed by atoms with Crippen molar-refractivity contribution in [2.24, 2.45) is 0 Å². The molecule has 8 heteroatoms. The van der Waals surface area contributed by atoms with Crippen LogP contribution in [-0.4, -0.2) is 30.3 Å². The number of hydrogen-bond acceptors (Lipinski definition) is 5. The zero-order valence-corrected chi connectivity index (χ0v) is 15.7. The van der Waals surface area contributed by atoms with E-state index < -0.39 is 15.9 Å². The van der Waals surface area contributed by atoms with Crippen LogP contribution in [0, 0.1) is 0 Å². The van der Waals surface area contributed by atoms with Crippen LogP contribution in [0.25, 0.3) is 11.4 Å². The zero-order valence-electron chi connectivity index (χ0n) is 14.9. The fourth-order valence-corrected chi connectivity index (χ4v) is 3.98. The summed E-state index contributed by atoms with van der Waals surface area (Å²) in [5.74, 6) is 0.123. The molecule has 1 fully saturated rings. The Balaban J connectivity index is 1.48. The number of aromatic nitrogens is 2. The lowest BCUT2D eigenvalue weighted by molar-refractivity contribution is 0.102. The first-order valence-corrected chi connectivity index (χ1v) is 10.3. The van der Waals surface area contributed by atoms with Crippen molar-refractivity contribution in [3.63, 3.8) is 0 Å². The number of hydrogen-bond donors (Lipinski definition) is 2. The van der Waals surface area contributed by atoms with Gasteiger partial charge in [0.1, 0.15) is 0 Å². The molecule has 1 aromatic heterocycles. The van der Waals surface area contributed by atoms with Crippen molar-refractivity contribution in [2.45, 2.75) is 23.8 Å². The molecule has 142 valence electrons. The highest BCUT2D eigenvalue weighted by molar-refractivity contribution is 7.89. The van der Waals surface area contributed by atoms with E-state index >= 15 is 0 Å². The molecule has 0 spiro atoms. The van der Waals surface area contributed by atoms with Gasteiger partial charge in [0.15, 0.2) is 5.82 Å². The molecule has 4 rings (SSSR count). The minimum Gasteiger partial charge on any atom is -0.319 e. The second-order valence-electron chi connectivity index (χ2n) is 6.54. The van der Waals surface area contributed by atoms with Crippen LogP contribution >= 0.6 is 0 Å². The van der Waals surface area contributed by atoms with E-state index in [0.717, 1.165) is 18.4 Å². The molecule has 0 atom stereocenters. The maximum atomic E-state index is 12.5. The molecule has 0 saturated heterocycles. The molecule has 1 aliphatic rings. The number of anilines is 1. The molecular formula is C20H18N4O3S. The average Bonchev–Trinajstić information content (AvgIpc) is 3.53. The molecule has 1 aliphatic carbocycles. The first-order chi connectivity index (χ1) is 13.5. The van der Waals surface area contributed by atoms with E-state index in [2.05, 4.69) is 20.0 Å². The highest BCUT2D eigenvalue weighted by Crippen LogP contribution is 2.23. The molecule has 3 aromatic rings. The van der Waals surface area contributed by atoms with E-state index in [4.69, 9.17) is 0 Å². The predicted octanol–water partition coefficient (Wildman–Crippen LogP) is 2.84. The van der Waals surface area contributed by atoms with Gasteiger partial charge in [0.05, 0.1) is 23.0 Å². The third-order valence-electron chi connectivity index (χ3n) is 4.25. The van der Waals surface area contributed by atoms with E-state index in [-0.39, 0.29) is 16.5 Å². The van der Waals surface area contributed by atoms with Crippen molar-refractivity contribution < 1.29 is 13.2 Å². The first kappa shape index (κ1) is 18.3. The molecular weight excluding hydrogens is 376 g/mol. The molecule has 7 nitrogen and oxygen atoms in total. The van der Waals surface area contributed by atoms with Gasteiger partial charge in [0.25, 0.3) is 5.91 Å². The van der Waals surface area contributed by atoms with Crippen LogP contribution in [-0.2, 0) is 10.0 Å². The maximum Gasteiger partial charge on any atom is 0.255 e. The topological polar surface area (TPSA) is 101 Å². The van der Waals surface area contributed by atoms with Crippen LogP contribution < -0.4 is 10.0 Å². The van der Waals surface area contributed by atoms with Crippen molar-refractivity contribution in [3.8, 4) is 11.4 Å². The standard InChI is InChI=1S/C20H18N4O3S/c25-20(15-7-4-8-18(11-15)28(26,27)24-16-9-10-16)23-17-12-21-19(22-13-17)14-5-2-1-3-6-14/h1-8,11-13,16,24H,9-10H2,(H,23,25). The number of nitrogens with one attached hydrogen (secondary N) is 2. The number of sulfonamides is 1. The minimum atomic E-state index is -3.62. The Morgan fingerprint density at radius 2 is 1.68 bits per heavy atom. The summed E-state index contributed by atoms with van der Waals surface area (Å²) in [6.45, 7) is 0. The number of benzene rings is 2. The summed E-state index contributed by atoms with van der Waals surface area (Å²) in [5.41, 5.74) is 1.54. The van der Waals surface area contributed by atoms with E-state index in [9.17, 15) is 13.2 Å². The van der Waals surface area contributed by atoms with Crippen molar-refractivity contribution >= 4 is 21.6 Å². The molecule has 2 aromatic carbocycles. The van der Waals surface area contributed by atoms with Gasteiger partial charge in [-0.1, -0.05) is 36.4 Å². The fraction of sp³-hybridized carbons (Fsp3) is 0.150. The van der Waals surface area contributed by atoms with Crippen LogP contribution in [0.5, 0.6) is 0 Å². The van der Waals surface area contributed by atoms with Gasteiger partial charge >= 0.3 is 0 Å². The molecule has 2 N–H and O–H groups in total.